The number of rotatable bonds is 5. The first-order valence-electron chi connectivity index (χ1n) is 6.40. The van der Waals surface area contributed by atoms with Gasteiger partial charge in [0.1, 0.15) is 5.75 Å². The third-order valence-corrected chi connectivity index (χ3v) is 3.99. The zero-order valence-corrected chi connectivity index (χ0v) is 12.2. The van der Waals surface area contributed by atoms with Crippen molar-refractivity contribution < 1.29 is 14.3 Å². The minimum absolute atomic E-state index is 0.101. The number of benzene rings is 2. The maximum absolute atomic E-state index is 12.6. The number of ketones is 1. The van der Waals surface area contributed by atoms with Crippen LogP contribution in [-0.4, -0.2) is 24.7 Å². The van der Waals surface area contributed by atoms with Crippen LogP contribution < -0.4 is 4.74 Å². The number of ether oxygens (including phenoxy) is 2. The molecule has 0 radical (unpaired) electrons. The molecule has 0 amide bonds. The molecule has 0 bridgehead atoms. The van der Waals surface area contributed by atoms with Gasteiger partial charge in [-0.3, -0.25) is 4.79 Å². The van der Waals surface area contributed by atoms with E-state index in [4.69, 9.17) is 9.47 Å². The van der Waals surface area contributed by atoms with Crippen molar-refractivity contribution in [2.45, 2.75) is 0 Å². The van der Waals surface area contributed by atoms with Crippen molar-refractivity contribution in [2.75, 3.05) is 13.9 Å². The van der Waals surface area contributed by atoms with E-state index in [0.717, 1.165) is 10.2 Å². The van der Waals surface area contributed by atoms with Gasteiger partial charge < -0.3 is 9.47 Å². The fourth-order valence-corrected chi connectivity index (χ4v) is 2.91. The number of nitrogens with zero attached hydrogens (tertiary/aromatic N) is 1. The molecular formula is C16H13NO3S. The number of para-hydroxylation sites is 2. The minimum atomic E-state index is -0.136. The first kappa shape index (κ1) is 13.7. The largest absolute Gasteiger partial charge is 0.467 e. The van der Waals surface area contributed by atoms with Crippen molar-refractivity contribution in [1.29, 1.82) is 0 Å². The van der Waals surface area contributed by atoms with Crippen LogP contribution in [0.2, 0.25) is 0 Å². The molecule has 3 rings (SSSR count). The van der Waals surface area contributed by atoms with Crippen molar-refractivity contribution in [3.63, 3.8) is 0 Å². The van der Waals surface area contributed by atoms with Gasteiger partial charge in [0.15, 0.2) is 11.8 Å². The van der Waals surface area contributed by atoms with Crippen LogP contribution in [0.5, 0.6) is 5.75 Å². The normalized spacial score (nSPS) is 10.7. The van der Waals surface area contributed by atoms with Crippen molar-refractivity contribution in [3.05, 3.63) is 59.1 Å². The Labute approximate surface area is 126 Å². The van der Waals surface area contributed by atoms with Gasteiger partial charge >= 0.3 is 0 Å². The third-order valence-electron chi connectivity index (χ3n) is 2.95. The highest BCUT2D eigenvalue weighted by atomic mass is 32.1. The van der Waals surface area contributed by atoms with Crippen LogP contribution in [0.1, 0.15) is 15.4 Å². The van der Waals surface area contributed by atoms with Gasteiger partial charge in [-0.15, -0.1) is 11.3 Å². The van der Waals surface area contributed by atoms with E-state index in [1.807, 2.05) is 30.3 Å². The Morgan fingerprint density at radius 1 is 1.14 bits per heavy atom. The fourth-order valence-electron chi connectivity index (χ4n) is 1.99. The fraction of sp³-hybridized carbons (Fsp3) is 0.125. The molecule has 0 fully saturated rings. The summed E-state index contributed by atoms with van der Waals surface area (Å²) in [6.07, 6.45) is 0. The van der Waals surface area contributed by atoms with Crippen molar-refractivity contribution in [2.24, 2.45) is 0 Å². The molecule has 0 saturated heterocycles. The summed E-state index contributed by atoms with van der Waals surface area (Å²) in [5.74, 6) is 0.367. The van der Waals surface area contributed by atoms with Crippen LogP contribution in [0.3, 0.4) is 0 Å². The van der Waals surface area contributed by atoms with Gasteiger partial charge in [0, 0.05) is 7.11 Å². The molecular weight excluding hydrogens is 286 g/mol. The molecule has 4 nitrogen and oxygen atoms in total. The van der Waals surface area contributed by atoms with Crippen molar-refractivity contribution >= 4 is 27.3 Å². The molecule has 0 N–H and O–H groups in total. The van der Waals surface area contributed by atoms with Gasteiger partial charge in [0.25, 0.3) is 0 Å². The first-order chi connectivity index (χ1) is 10.3. The molecule has 0 aliphatic rings. The summed E-state index contributed by atoms with van der Waals surface area (Å²) < 4.78 is 11.3. The van der Waals surface area contributed by atoms with E-state index in [9.17, 15) is 4.79 Å². The highest BCUT2D eigenvalue weighted by molar-refractivity contribution is 7.20. The summed E-state index contributed by atoms with van der Waals surface area (Å²) in [6, 6.07) is 14.8. The number of hydrogen-bond acceptors (Lipinski definition) is 5. The molecule has 0 unspecified atom stereocenters. The molecule has 0 spiro atoms. The second kappa shape index (κ2) is 6.03. The third kappa shape index (κ3) is 2.79. The number of methoxy groups -OCH3 is 1. The number of fused-ring (bicyclic) bond motifs is 1. The van der Waals surface area contributed by atoms with Crippen LogP contribution in [0.4, 0.5) is 0 Å². The number of hydrogen-bond donors (Lipinski definition) is 0. The standard InChI is InChI=1S/C16H13NO3S/c1-19-10-20-13-8-4-2-6-11(13)15(18)16-17-12-7-3-5-9-14(12)21-16/h2-9H,10H2,1H3. The smallest absolute Gasteiger partial charge is 0.225 e. The maximum atomic E-state index is 12.6. The Morgan fingerprint density at radius 3 is 2.71 bits per heavy atom. The van der Waals surface area contributed by atoms with E-state index < -0.39 is 0 Å². The van der Waals surface area contributed by atoms with Crippen LogP contribution in [0.25, 0.3) is 10.2 Å². The van der Waals surface area contributed by atoms with Crippen molar-refractivity contribution in [3.8, 4) is 5.75 Å². The van der Waals surface area contributed by atoms with E-state index in [0.29, 0.717) is 16.3 Å². The summed E-state index contributed by atoms with van der Waals surface area (Å²) in [7, 11) is 1.54. The monoisotopic (exact) mass is 299 g/mol. The summed E-state index contributed by atoms with van der Waals surface area (Å²) >= 11 is 1.39. The molecule has 0 aliphatic heterocycles. The predicted molar refractivity (Wildman–Crippen MR) is 82.0 cm³/mol. The molecule has 21 heavy (non-hydrogen) atoms. The molecule has 3 aromatic rings. The average Bonchev–Trinajstić information content (AvgIpc) is 2.96. The second-order valence-corrected chi connectivity index (χ2v) is 5.39. The van der Waals surface area contributed by atoms with E-state index in [-0.39, 0.29) is 12.6 Å². The van der Waals surface area contributed by atoms with Gasteiger partial charge in [-0.05, 0) is 24.3 Å². The Bertz CT molecular complexity index is 749. The van der Waals surface area contributed by atoms with Crippen LogP contribution in [0.15, 0.2) is 48.5 Å². The molecule has 5 heteroatoms. The van der Waals surface area contributed by atoms with E-state index in [1.165, 1.54) is 18.4 Å². The quantitative estimate of drug-likeness (QED) is 0.534. The second-order valence-electron chi connectivity index (χ2n) is 4.36. The Balaban J connectivity index is 1.98. The lowest BCUT2D eigenvalue weighted by molar-refractivity contribution is 0.0503. The zero-order valence-electron chi connectivity index (χ0n) is 11.4. The first-order valence-corrected chi connectivity index (χ1v) is 7.22. The molecule has 0 aliphatic carbocycles. The number of carbonyl (C=O) groups is 1. The maximum Gasteiger partial charge on any atom is 0.225 e. The van der Waals surface area contributed by atoms with Gasteiger partial charge in [-0.1, -0.05) is 24.3 Å². The van der Waals surface area contributed by atoms with E-state index in [1.54, 1.807) is 18.2 Å². The highest BCUT2D eigenvalue weighted by Crippen LogP contribution is 2.27. The predicted octanol–water partition coefficient (Wildman–Crippen LogP) is 3.51. The molecule has 2 aromatic carbocycles. The number of carbonyl (C=O) groups excluding carboxylic acids is 1. The summed E-state index contributed by atoms with van der Waals surface area (Å²) in [6.45, 7) is 0.101. The lowest BCUT2D eigenvalue weighted by atomic mass is 10.1. The van der Waals surface area contributed by atoms with E-state index >= 15 is 0 Å². The SMILES string of the molecule is COCOc1ccccc1C(=O)c1nc2ccccc2s1. The number of aromatic nitrogens is 1. The molecule has 106 valence electrons. The summed E-state index contributed by atoms with van der Waals surface area (Å²) in [5.41, 5.74) is 1.33. The topological polar surface area (TPSA) is 48.4 Å². The van der Waals surface area contributed by atoms with Crippen LogP contribution in [0, 0.1) is 0 Å². The lowest BCUT2D eigenvalue weighted by Gasteiger charge is -2.08. The lowest BCUT2D eigenvalue weighted by Crippen LogP contribution is -2.06. The zero-order chi connectivity index (χ0) is 14.7. The summed E-state index contributed by atoms with van der Waals surface area (Å²) in [4.78, 5) is 17.0. The van der Waals surface area contributed by atoms with E-state index in [2.05, 4.69) is 4.98 Å². The minimum Gasteiger partial charge on any atom is -0.467 e. The Hall–Kier alpha value is -2.24. The molecule has 1 aromatic heterocycles. The number of thiazole rings is 1. The van der Waals surface area contributed by atoms with Gasteiger partial charge in [-0.2, -0.15) is 0 Å². The average molecular weight is 299 g/mol. The highest BCUT2D eigenvalue weighted by Gasteiger charge is 2.18. The Morgan fingerprint density at radius 2 is 1.90 bits per heavy atom. The Kier molecular flexibility index (Phi) is 3.94. The molecule has 0 atom stereocenters. The van der Waals surface area contributed by atoms with Gasteiger partial charge in [0.05, 0.1) is 15.8 Å². The van der Waals surface area contributed by atoms with Gasteiger partial charge in [-0.25, -0.2) is 4.98 Å². The van der Waals surface area contributed by atoms with Gasteiger partial charge in [0.2, 0.25) is 5.78 Å². The van der Waals surface area contributed by atoms with Crippen LogP contribution >= 0.6 is 11.3 Å². The van der Waals surface area contributed by atoms with Crippen LogP contribution in [-0.2, 0) is 4.74 Å². The summed E-state index contributed by atoms with van der Waals surface area (Å²) in [5, 5.41) is 0.463. The molecule has 0 saturated carbocycles. The van der Waals surface area contributed by atoms with Crippen molar-refractivity contribution in [1.82, 2.24) is 4.98 Å². The molecule has 1 heterocycles.